The molecule has 3 rings (SSSR count). The molecule has 0 fully saturated rings. The largest absolute Gasteiger partial charge is 0.389 e. The van der Waals surface area contributed by atoms with Gasteiger partial charge in [-0.05, 0) is 53.8 Å². The molecule has 4 heteroatoms. The van der Waals surface area contributed by atoms with Crippen LogP contribution in [0.25, 0.3) is 0 Å². The first-order valence-corrected chi connectivity index (χ1v) is 8.44. The van der Waals surface area contributed by atoms with E-state index in [1.54, 1.807) is 0 Å². The second-order valence-electron chi connectivity index (χ2n) is 5.69. The van der Waals surface area contributed by atoms with Crippen LogP contribution in [0.15, 0.2) is 40.9 Å². The quantitative estimate of drug-likeness (QED) is 0.751. The van der Waals surface area contributed by atoms with Crippen LogP contribution in [0.2, 0.25) is 10.0 Å². The Morgan fingerprint density at radius 2 is 1.81 bits per heavy atom. The minimum Gasteiger partial charge on any atom is -0.389 e. The molecule has 0 saturated carbocycles. The number of hydrogen-bond acceptors (Lipinski definition) is 1. The monoisotopic (exact) mass is 384 g/mol. The van der Waals surface area contributed by atoms with Gasteiger partial charge in [0.15, 0.2) is 0 Å². The maximum absolute atomic E-state index is 11.0. The van der Waals surface area contributed by atoms with Crippen LogP contribution in [0.5, 0.6) is 0 Å². The molecule has 1 unspecified atom stereocenters. The van der Waals surface area contributed by atoms with Crippen LogP contribution in [0.1, 0.15) is 23.1 Å². The predicted molar refractivity (Wildman–Crippen MR) is 91.3 cm³/mol. The molecule has 2 aromatic carbocycles. The molecule has 1 nitrogen and oxygen atoms in total. The van der Waals surface area contributed by atoms with Crippen LogP contribution in [-0.4, -0.2) is 10.7 Å². The van der Waals surface area contributed by atoms with E-state index >= 15 is 0 Å². The van der Waals surface area contributed by atoms with Crippen LogP contribution < -0.4 is 0 Å². The Hall–Kier alpha value is -0.540. The van der Waals surface area contributed by atoms with Gasteiger partial charge in [0.2, 0.25) is 0 Å². The van der Waals surface area contributed by atoms with Gasteiger partial charge in [-0.2, -0.15) is 0 Å². The lowest BCUT2D eigenvalue weighted by atomic mass is 9.77. The number of fused-ring (bicyclic) bond motifs is 1. The highest BCUT2D eigenvalue weighted by Gasteiger charge is 2.33. The van der Waals surface area contributed by atoms with Crippen molar-refractivity contribution in [3.05, 3.63) is 67.6 Å². The molecule has 0 saturated heterocycles. The highest BCUT2D eigenvalue weighted by molar-refractivity contribution is 9.10. The molecule has 1 aliphatic carbocycles. The van der Waals surface area contributed by atoms with Gasteiger partial charge in [-0.3, -0.25) is 0 Å². The van der Waals surface area contributed by atoms with Crippen molar-refractivity contribution in [3.8, 4) is 0 Å². The van der Waals surface area contributed by atoms with Crippen LogP contribution in [0.4, 0.5) is 0 Å². The third-order valence-corrected chi connectivity index (χ3v) is 5.32. The average molecular weight is 386 g/mol. The zero-order valence-electron chi connectivity index (χ0n) is 11.4. The van der Waals surface area contributed by atoms with Crippen molar-refractivity contribution in [1.29, 1.82) is 0 Å². The van der Waals surface area contributed by atoms with Crippen molar-refractivity contribution in [3.63, 3.8) is 0 Å². The number of aryl methyl sites for hydroxylation is 1. The summed E-state index contributed by atoms with van der Waals surface area (Å²) in [4.78, 5) is 0. The second-order valence-corrected chi connectivity index (χ2v) is 7.42. The zero-order chi connectivity index (χ0) is 15.0. The molecule has 110 valence electrons. The Balaban J connectivity index is 1.88. The van der Waals surface area contributed by atoms with Gasteiger partial charge in [0.05, 0.1) is 5.60 Å². The van der Waals surface area contributed by atoms with E-state index in [1.807, 2.05) is 24.3 Å². The van der Waals surface area contributed by atoms with Gasteiger partial charge in [-0.25, -0.2) is 0 Å². The standard InChI is InChI=1S/C17H15BrCl2O/c18-13-5-4-12-9-17(21,7-6-11(12)8-13)10-14-15(19)2-1-3-16(14)20/h1-5,8,21H,6-7,9-10H2. The smallest absolute Gasteiger partial charge is 0.0732 e. The van der Waals surface area contributed by atoms with Crippen molar-refractivity contribution in [2.45, 2.75) is 31.3 Å². The molecule has 0 bridgehead atoms. The molecule has 0 aliphatic heterocycles. The molecule has 0 radical (unpaired) electrons. The molecule has 2 aromatic rings. The lowest BCUT2D eigenvalue weighted by molar-refractivity contribution is 0.0267. The fourth-order valence-electron chi connectivity index (χ4n) is 2.99. The Kier molecular flexibility index (Phi) is 4.33. The van der Waals surface area contributed by atoms with Crippen molar-refractivity contribution in [1.82, 2.24) is 0 Å². The van der Waals surface area contributed by atoms with E-state index in [1.165, 1.54) is 11.1 Å². The fraction of sp³-hybridized carbons (Fsp3) is 0.294. The third-order valence-electron chi connectivity index (χ3n) is 4.12. The van der Waals surface area contributed by atoms with E-state index in [-0.39, 0.29) is 0 Å². The molecule has 1 aliphatic rings. The highest BCUT2D eigenvalue weighted by Crippen LogP contribution is 2.36. The summed E-state index contributed by atoms with van der Waals surface area (Å²) < 4.78 is 1.08. The summed E-state index contributed by atoms with van der Waals surface area (Å²) in [5.74, 6) is 0. The van der Waals surface area contributed by atoms with E-state index in [2.05, 4.69) is 28.1 Å². The average Bonchev–Trinajstić information content (AvgIpc) is 2.44. The topological polar surface area (TPSA) is 20.2 Å². The van der Waals surface area contributed by atoms with Gasteiger partial charge in [0.25, 0.3) is 0 Å². The SMILES string of the molecule is OC1(Cc2c(Cl)cccc2Cl)CCc2cc(Br)ccc2C1. The second kappa shape index (κ2) is 5.92. The van der Waals surface area contributed by atoms with Gasteiger partial charge in [0.1, 0.15) is 0 Å². The first kappa shape index (κ1) is 15.4. The number of rotatable bonds is 2. The molecular formula is C17H15BrCl2O. The van der Waals surface area contributed by atoms with Gasteiger partial charge < -0.3 is 5.11 Å². The summed E-state index contributed by atoms with van der Waals surface area (Å²) in [6, 6.07) is 11.7. The summed E-state index contributed by atoms with van der Waals surface area (Å²) in [5.41, 5.74) is 2.56. The summed E-state index contributed by atoms with van der Waals surface area (Å²) >= 11 is 16.0. The molecule has 0 aromatic heterocycles. The van der Waals surface area contributed by atoms with Crippen LogP contribution >= 0.6 is 39.1 Å². The Morgan fingerprint density at radius 1 is 1.10 bits per heavy atom. The van der Waals surface area contributed by atoms with Gasteiger partial charge in [0, 0.05) is 27.4 Å². The predicted octanol–water partition coefficient (Wildman–Crippen LogP) is 5.22. The van der Waals surface area contributed by atoms with Crippen LogP contribution in [0, 0.1) is 0 Å². The Morgan fingerprint density at radius 3 is 2.52 bits per heavy atom. The molecule has 0 heterocycles. The molecule has 0 spiro atoms. The maximum Gasteiger partial charge on any atom is 0.0732 e. The Labute approximate surface area is 143 Å². The minimum absolute atomic E-state index is 0.487. The number of halogens is 3. The van der Waals surface area contributed by atoms with E-state index < -0.39 is 5.60 Å². The van der Waals surface area contributed by atoms with E-state index in [9.17, 15) is 5.11 Å². The summed E-state index contributed by atoms with van der Waals surface area (Å²) in [7, 11) is 0. The van der Waals surface area contributed by atoms with E-state index in [0.717, 1.165) is 22.9 Å². The van der Waals surface area contributed by atoms with Crippen molar-refractivity contribution in [2.75, 3.05) is 0 Å². The third kappa shape index (κ3) is 3.29. The first-order chi connectivity index (χ1) is 9.97. The summed E-state index contributed by atoms with van der Waals surface area (Å²) in [6.45, 7) is 0. The molecule has 21 heavy (non-hydrogen) atoms. The maximum atomic E-state index is 11.0. The van der Waals surface area contributed by atoms with Crippen LogP contribution in [-0.2, 0) is 19.3 Å². The van der Waals surface area contributed by atoms with Gasteiger partial charge in [-0.1, -0.05) is 51.3 Å². The highest BCUT2D eigenvalue weighted by atomic mass is 79.9. The van der Waals surface area contributed by atoms with Gasteiger partial charge >= 0.3 is 0 Å². The molecule has 0 amide bonds. The fourth-order valence-corrected chi connectivity index (χ4v) is 3.93. The Bertz CT molecular complexity index is 666. The van der Waals surface area contributed by atoms with Crippen LogP contribution in [0.3, 0.4) is 0 Å². The lowest BCUT2D eigenvalue weighted by Gasteiger charge is -2.34. The normalized spacial score (nSPS) is 21.1. The summed E-state index contributed by atoms with van der Waals surface area (Å²) in [5, 5.41) is 12.2. The number of benzene rings is 2. The van der Waals surface area contributed by atoms with Gasteiger partial charge in [-0.15, -0.1) is 0 Å². The summed E-state index contributed by atoms with van der Waals surface area (Å²) in [6.07, 6.45) is 2.71. The zero-order valence-corrected chi connectivity index (χ0v) is 14.5. The van der Waals surface area contributed by atoms with Crippen molar-refractivity contribution >= 4 is 39.1 Å². The van der Waals surface area contributed by atoms with E-state index in [0.29, 0.717) is 22.9 Å². The lowest BCUT2D eigenvalue weighted by Crippen LogP contribution is -2.38. The number of aliphatic hydroxyl groups is 1. The molecule has 1 atom stereocenters. The van der Waals surface area contributed by atoms with E-state index in [4.69, 9.17) is 23.2 Å². The minimum atomic E-state index is -0.782. The van der Waals surface area contributed by atoms with Crippen molar-refractivity contribution < 1.29 is 5.11 Å². The first-order valence-electron chi connectivity index (χ1n) is 6.89. The molecular weight excluding hydrogens is 371 g/mol. The number of hydrogen-bond donors (Lipinski definition) is 1. The van der Waals surface area contributed by atoms with Crippen molar-refractivity contribution in [2.24, 2.45) is 0 Å². The molecule has 1 N–H and O–H groups in total.